The van der Waals surface area contributed by atoms with Crippen molar-refractivity contribution in [3.63, 3.8) is 0 Å². The van der Waals surface area contributed by atoms with Crippen molar-refractivity contribution in [2.75, 3.05) is 6.61 Å². The standard InChI is InChI=1S/C15H13Cl2NO2/c16-11-3-1-10(2-4-11)14(15(18)19)9-20-13-7-5-12(17)6-8-13/h1-8,14H,9H2,(H2,18,19). The molecule has 3 nitrogen and oxygen atoms in total. The first kappa shape index (κ1) is 14.7. The van der Waals surface area contributed by atoms with Gasteiger partial charge in [-0.2, -0.15) is 0 Å². The van der Waals surface area contributed by atoms with E-state index in [1.54, 1.807) is 48.5 Å². The lowest BCUT2D eigenvalue weighted by Crippen LogP contribution is -2.26. The molecule has 0 heterocycles. The van der Waals surface area contributed by atoms with Crippen LogP contribution < -0.4 is 10.5 Å². The molecule has 0 saturated heterocycles. The van der Waals surface area contributed by atoms with Crippen LogP contribution in [0.5, 0.6) is 5.75 Å². The van der Waals surface area contributed by atoms with Gasteiger partial charge in [0.25, 0.3) is 0 Å². The monoisotopic (exact) mass is 309 g/mol. The summed E-state index contributed by atoms with van der Waals surface area (Å²) in [4.78, 5) is 11.5. The minimum Gasteiger partial charge on any atom is -0.492 e. The van der Waals surface area contributed by atoms with E-state index in [-0.39, 0.29) is 6.61 Å². The molecule has 1 atom stereocenters. The Kier molecular flexibility index (Phi) is 4.88. The average molecular weight is 310 g/mol. The van der Waals surface area contributed by atoms with Crippen molar-refractivity contribution in [3.8, 4) is 5.75 Å². The normalized spacial score (nSPS) is 11.9. The molecular formula is C15H13Cl2NO2. The Morgan fingerprint density at radius 1 is 1.00 bits per heavy atom. The predicted octanol–water partition coefficient (Wildman–Crippen LogP) is 3.64. The number of hydrogen-bond acceptors (Lipinski definition) is 2. The molecule has 0 bridgehead atoms. The number of hydrogen-bond donors (Lipinski definition) is 1. The second-order valence-electron chi connectivity index (χ2n) is 4.27. The van der Waals surface area contributed by atoms with Crippen LogP contribution in [0.25, 0.3) is 0 Å². The highest BCUT2D eigenvalue weighted by atomic mass is 35.5. The molecule has 0 spiro atoms. The van der Waals surface area contributed by atoms with Crippen LogP contribution >= 0.6 is 23.2 Å². The van der Waals surface area contributed by atoms with E-state index in [2.05, 4.69) is 0 Å². The van der Waals surface area contributed by atoms with E-state index >= 15 is 0 Å². The summed E-state index contributed by atoms with van der Waals surface area (Å²) in [6, 6.07) is 13.9. The Balaban J connectivity index is 2.08. The Hall–Kier alpha value is -1.71. The van der Waals surface area contributed by atoms with Gasteiger partial charge in [-0.25, -0.2) is 0 Å². The maximum atomic E-state index is 11.5. The van der Waals surface area contributed by atoms with Gasteiger partial charge in [0.2, 0.25) is 5.91 Å². The Bertz CT molecular complexity index is 582. The number of benzene rings is 2. The van der Waals surface area contributed by atoms with E-state index < -0.39 is 11.8 Å². The van der Waals surface area contributed by atoms with Crippen LogP contribution in [0.3, 0.4) is 0 Å². The fourth-order valence-corrected chi connectivity index (χ4v) is 2.00. The molecule has 0 aliphatic heterocycles. The van der Waals surface area contributed by atoms with Crippen molar-refractivity contribution < 1.29 is 9.53 Å². The van der Waals surface area contributed by atoms with Gasteiger partial charge in [0, 0.05) is 10.0 Å². The fourth-order valence-electron chi connectivity index (χ4n) is 1.75. The van der Waals surface area contributed by atoms with Gasteiger partial charge in [-0.1, -0.05) is 35.3 Å². The van der Waals surface area contributed by atoms with Gasteiger partial charge in [0.1, 0.15) is 12.4 Å². The zero-order valence-corrected chi connectivity index (χ0v) is 12.1. The van der Waals surface area contributed by atoms with Crippen LogP contribution in [-0.4, -0.2) is 12.5 Å². The Morgan fingerprint density at radius 3 is 2.00 bits per heavy atom. The zero-order valence-electron chi connectivity index (χ0n) is 10.6. The van der Waals surface area contributed by atoms with Crippen molar-refractivity contribution in [2.45, 2.75) is 5.92 Å². The maximum Gasteiger partial charge on any atom is 0.228 e. The number of amides is 1. The number of halogens is 2. The van der Waals surface area contributed by atoms with E-state index in [0.717, 1.165) is 5.56 Å². The first-order valence-corrected chi connectivity index (χ1v) is 6.75. The molecule has 2 aromatic rings. The van der Waals surface area contributed by atoms with Crippen LogP contribution in [0.2, 0.25) is 10.0 Å². The molecule has 0 fully saturated rings. The summed E-state index contributed by atoms with van der Waals surface area (Å²) >= 11 is 11.6. The average Bonchev–Trinajstić information content (AvgIpc) is 2.43. The lowest BCUT2D eigenvalue weighted by atomic mass is 9.99. The SMILES string of the molecule is NC(=O)C(COc1ccc(Cl)cc1)c1ccc(Cl)cc1. The third-order valence-electron chi connectivity index (χ3n) is 2.85. The summed E-state index contributed by atoms with van der Waals surface area (Å²) in [7, 11) is 0. The van der Waals surface area contributed by atoms with Crippen molar-refractivity contribution in [1.82, 2.24) is 0 Å². The lowest BCUT2D eigenvalue weighted by Gasteiger charge is -2.15. The molecule has 0 radical (unpaired) electrons. The molecule has 20 heavy (non-hydrogen) atoms. The highest BCUT2D eigenvalue weighted by molar-refractivity contribution is 6.30. The quantitative estimate of drug-likeness (QED) is 0.916. The number of primary amides is 1. The van der Waals surface area contributed by atoms with E-state index in [4.69, 9.17) is 33.7 Å². The van der Waals surface area contributed by atoms with Gasteiger partial charge in [0.15, 0.2) is 0 Å². The second-order valence-corrected chi connectivity index (χ2v) is 5.14. The third kappa shape index (κ3) is 3.89. The summed E-state index contributed by atoms with van der Waals surface area (Å²) in [5.41, 5.74) is 6.20. The van der Waals surface area contributed by atoms with Crippen molar-refractivity contribution in [3.05, 3.63) is 64.1 Å². The minimum atomic E-state index is -0.525. The Labute approximate surface area is 127 Å². The maximum absolute atomic E-state index is 11.5. The van der Waals surface area contributed by atoms with E-state index in [9.17, 15) is 4.79 Å². The van der Waals surface area contributed by atoms with E-state index in [1.807, 2.05) is 0 Å². The molecule has 1 unspecified atom stereocenters. The molecule has 2 N–H and O–H groups in total. The summed E-state index contributed by atoms with van der Waals surface area (Å²) in [6.07, 6.45) is 0. The molecule has 5 heteroatoms. The summed E-state index contributed by atoms with van der Waals surface area (Å²) in [6.45, 7) is 0.165. The van der Waals surface area contributed by atoms with Crippen LogP contribution in [0.4, 0.5) is 0 Å². The van der Waals surface area contributed by atoms with Gasteiger partial charge in [-0.05, 0) is 42.0 Å². The van der Waals surface area contributed by atoms with Crippen LogP contribution in [-0.2, 0) is 4.79 Å². The Morgan fingerprint density at radius 2 is 1.50 bits per heavy atom. The third-order valence-corrected chi connectivity index (χ3v) is 3.35. The van der Waals surface area contributed by atoms with Crippen molar-refractivity contribution >= 4 is 29.1 Å². The number of carbonyl (C=O) groups is 1. The van der Waals surface area contributed by atoms with Gasteiger partial charge in [-0.3, -0.25) is 4.79 Å². The predicted molar refractivity (Wildman–Crippen MR) is 80.3 cm³/mol. The summed E-state index contributed by atoms with van der Waals surface area (Å²) in [5, 5.41) is 1.23. The lowest BCUT2D eigenvalue weighted by molar-refractivity contribution is -0.120. The van der Waals surface area contributed by atoms with Crippen molar-refractivity contribution in [2.24, 2.45) is 5.73 Å². The minimum absolute atomic E-state index is 0.165. The highest BCUT2D eigenvalue weighted by Gasteiger charge is 2.18. The van der Waals surface area contributed by atoms with Crippen molar-refractivity contribution in [1.29, 1.82) is 0 Å². The summed E-state index contributed by atoms with van der Waals surface area (Å²) in [5.74, 6) is -0.334. The molecular weight excluding hydrogens is 297 g/mol. The smallest absolute Gasteiger partial charge is 0.228 e. The molecule has 0 aromatic heterocycles. The topological polar surface area (TPSA) is 52.3 Å². The first-order valence-electron chi connectivity index (χ1n) is 5.99. The highest BCUT2D eigenvalue weighted by Crippen LogP contribution is 2.21. The summed E-state index contributed by atoms with van der Waals surface area (Å²) < 4.78 is 5.58. The van der Waals surface area contributed by atoms with Crippen LogP contribution in [0.15, 0.2) is 48.5 Å². The van der Waals surface area contributed by atoms with Gasteiger partial charge >= 0.3 is 0 Å². The van der Waals surface area contributed by atoms with Gasteiger partial charge < -0.3 is 10.5 Å². The molecule has 104 valence electrons. The molecule has 2 rings (SSSR count). The van der Waals surface area contributed by atoms with Crippen LogP contribution in [0, 0.1) is 0 Å². The number of nitrogens with two attached hydrogens (primary N) is 1. The van der Waals surface area contributed by atoms with E-state index in [1.165, 1.54) is 0 Å². The molecule has 0 saturated carbocycles. The van der Waals surface area contributed by atoms with E-state index in [0.29, 0.717) is 15.8 Å². The largest absolute Gasteiger partial charge is 0.492 e. The second kappa shape index (κ2) is 6.64. The molecule has 0 aliphatic carbocycles. The zero-order chi connectivity index (χ0) is 14.5. The fraction of sp³-hybridized carbons (Fsp3) is 0.133. The van der Waals surface area contributed by atoms with Crippen LogP contribution in [0.1, 0.15) is 11.5 Å². The number of carbonyl (C=O) groups excluding carboxylic acids is 1. The number of ether oxygens (including phenoxy) is 1. The molecule has 1 amide bonds. The van der Waals surface area contributed by atoms with Gasteiger partial charge in [-0.15, -0.1) is 0 Å². The number of rotatable bonds is 5. The molecule has 0 aliphatic rings. The van der Waals surface area contributed by atoms with Gasteiger partial charge in [0.05, 0.1) is 5.92 Å². The molecule has 2 aromatic carbocycles. The first-order chi connectivity index (χ1) is 9.56.